The van der Waals surface area contributed by atoms with E-state index in [0.29, 0.717) is 6.07 Å². The minimum Gasteiger partial charge on any atom is -0.489 e. The first-order chi connectivity index (χ1) is 10.4. The molecular formula is C14H15F2NO3S2. The molecule has 0 atom stereocenters. The maximum absolute atomic E-state index is 13.3. The van der Waals surface area contributed by atoms with Gasteiger partial charge in [0.25, 0.3) is 0 Å². The largest absolute Gasteiger partial charge is 0.489 e. The number of halogens is 2. The van der Waals surface area contributed by atoms with Crippen molar-refractivity contribution in [2.24, 2.45) is 0 Å². The highest BCUT2D eigenvalue weighted by molar-refractivity contribution is 7.91. The Hall–Kier alpha value is -1.51. The third-order valence-corrected chi connectivity index (χ3v) is 5.98. The lowest BCUT2D eigenvalue weighted by molar-refractivity contribution is 0.305. The van der Waals surface area contributed by atoms with E-state index >= 15 is 0 Å². The molecule has 0 saturated heterocycles. The lowest BCUT2D eigenvalue weighted by atomic mass is 10.3. The number of nitrogens with one attached hydrogen (secondary N) is 1. The van der Waals surface area contributed by atoms with E-state index in [-0.39, 0.29) is 23.1 Å². The van der Waals surface area contributed by atoms with Gasteiger partial charge in [-0.1, -0.05) is 6.92 Å². The number of sulfonamides is 1. The van der Waals surface area contributed by atoms with Gasteiger partial charge in [-0.2, -0.15) is 0 Å². The summed E-state index contributed by atoms with van der Waals surface area (Å²) in [7, 11) is -3.59. The molecule has 2 aromatic rings. The first-order valence-corrected chi connectivity index (χ1v) is 8.88. The van der Waals surface area contributed by atoms with Gasteiger partial charge in [0, 0.05) is 17.5 Å². The summed E-state index contributed by atoms with van der Waals surface area (Å²) in [6.45, 7) is 1.87. The lowest BCUT2D eigenvalue weighted by Gasteiger charge is -2.08. The Bertz CT molecular complexity index is 744. The van der Waals surface area contributed by atoms with E-state index in [1.54, 1.807) is 12.1 Å². The number of benzene rings is 1. The minimum atomic E-state index is -3.59. The van der Waals surface area contributed by atoms with Gasteiger partial charge in [-0.15, -0.1) is 11.3 Å². The molecule has 0 spiro atoms. The molecule has 120 valence electrons. The third-order valence-electron chi connectivity index (χ3n) is 2.80. The van der Waals surface area contributed by atoms with Crippen molar-refractivity contribution in [1.29, 1.82) is 0 Å². The molecule has 8 heteroatoms. The van der Waals surface area contributed by atoms with E-state index in [9.17, 15) is 17.2 Å². The van der Waals surface area contributed by atoms with Gasteiger partial charge < -0.3 is 4.74 Å². The van der Waals surface area contributed by atoms with Gasteiger partial charge in [0.1, 0.15) is 16.6 Å². The highest BCUT2D eigenvalue weighted by Crippen LogP contribution is 2.21. The first-order valence-electron chi connectivity index (χ1n) is 6.58. The Kier molecular flexibility index (Phi) is 5.49. The topological polar surface area (TPSA) is 55.4 Å². The molecule has 1 aromatic carbocycles. The van der Waals surface area contributed by atoms with Gasteiger partial charge in [-0.05, 0) is 30.7 Å². The molecule has 0 amide bonds. The summed E-state index contributed by atoms with van der Waals surface area (Å²) in [5.74, 6) is -1.64. The van der Waals surface area contributed by atoms with Gasteiger partial charge >= 0.3 is 0 Å². The van der Waals surface area contributed by atoms with E-state index in [1.165, 1.54) is 11.3 Å². The molecule has 0 bridgehead atoms. The van der Waals surface area contributed by atoms with Crippen LogP contribution >= 0.6 is 11.3 Å². The Morgan fingerprint density at radius 3 is 2.64 bits per heavy atom. The summed E-state index contributed by atoms with van der Waals surface area (Å²) in [5.41, 5.74) is 0. The molecule has 4 nitrogen and oxygen atoms in total. The van der Waals surface area contributed by atoms with Crippen molar-refractivity contribution >= 4 is 21.4 Å². The Labute approximate surface area is 131 Å². The predicted molar refractivity (Wildman–Crippen MR) is 80.7 cm³/mol. The normalized spacial score (nSPS) is 11.6. The van der Waals surface area contributed by atoms with Gasteiger partial charge in [0.15, 0.2) is 11.6 Å². The quantitative estimate of drug-likeness (QED) is 0.784. The van der Waals surface area contributed by atoms with Crippen LogP contribution in [0.5, 0.6) is 5.75 Å². The summed E-state index contributed by atoms with van der Waals surface area (Å²) in [6.07, 6.45) is 0.771. The molecule has 0 radical (unpaired) electrons. The van der Waals surface area contributed by atoms with Gasteiger partial charge in [-0.25, -0.2) is 21.9 Å². The number of aryl methyl sites for hydroxylation is 1. The molecule has 2 rings (SSSR count). The Morgan fingerprint density at radius 2 is 2.00 bits per heavy atom. The van der Waals surface area contributed by atoms with Gasteiger partial charge in [-0.3, -0.25) is 0 Å². The summed E-state index contributed by atoms with van der Waals surface area (Å²) in [4.78, 5) is 0.977. The third kappa shape index (κ3) is 4.25. The van der Waals surface area contributed by atoms with Crippen LogP contribution in [-0.2, 0) is 16.4 Å². The van der Waals surface area contributed by atoms with Crippen molar-refractivity contribution in [3.63, 3.8) is 0 Å². The van der Waals surface area contributed by atoms with Crippen LogP contribution < -0.4 is 9.46 Å². The fourth-order valence-corrected chi connectivity index (χ4v) is 4.05. The molecule has 0 fully saturated rings. The number of thiophene rings is 1. The fraction of sp³-hybridized carbons (Fsp3) is 0.286. The standard InChI is InChI=1S/C14H15F2NO3S2/c1-2-11-4-6-14(21-11)22(18,19)17-7-8-20-13-5-3-10(15)9-12(13)16/h3-6,9,17H,2,7-8H2,1H3. The molecule has 1 N–H and O–H groups in total. The second-order valence-electron chi connectivity index (χ2n) is 4.40. The van der Waals surface area contributed by atoms with Crippen molar-refractivity contribution in [2.75, 3.05) is 13.2 Å². The smallest absolute Gasteiger partial charge is 0.250 e. The second kappa shape index (κ2) is 7.17. The molecule has 1 aromatic heterocycles. The first kappa shape index (κ1) is 16.9. The SMILES string of the molecule is CCc1ccc(S(=O)(=O)NCCOc2ccc(F)cc2F)s1. The predicted octanol–water partition coefficient (Wildman–Crippen LogP) is 2.95. The molecule has 0 unspecified atom stereocenters. The molecule has 22 heavy (non-hydrogen) atoms. The molecule has 0 aliphatic heterocycles. The molecule has 0 aliphatic carbocycles. The van der Waals surface area contributed by atoms with Crippen LogP contribution in [0.3, 0.4) is 0 Å². The van der Waals surface area contributed by atoms with Crippen molar-refractivity contribution in [1.82, 2.24) is 4.72 Å². The van der Waals surface area contributed by atoms with Crippen molar-refractivity contribution < 1.29 is 21.9 Å². The zero-order valence-electron chi connectivity index (χ0n) is 11.8. The minimum absolute atomic E-state index is 0.0154. The maximum atomic E-state index is 13.3. The second-order valence-corrected chi connectivity index (χ2v) is 7.56. The van der Waals surface area contributed by atoms with Crippen LogP contribution in [0, 0.1) is 11.6 Å². The number of hydrogen-bond acceptors (Lipinski definition) is 4. The van der Waals surface area contributed by atoms with Crippen LogP contribution in [0.4, 0.5) is 8.78 Å². The Balaban J connectivity index is 1.87. The van der Waals surface area contributed by atoms with E-state index < -0.39 is 21.7 Å². The molecular weight excluding hydrogens is 332 g/mol. The maximum Gasteiger partial charge on any atom is 0.250 e. The molecule has 1 heterocycles. The highest BCUT2D eigenvalue weighted by atomic mass is 32.2. The van der Waals surface area contributed by atoms with E-state index in [0.717, 1.165) is 23.4 Å². The number of rotatable bonds is 7. The zero-order chi connectivity index (χ0) is 16.2. The van der Waals surface area contributed by atoms with Gasteiger partial charge in [0.05, 0.1) is 0 Å². The average molecular weight is 347 g/mol. The van der Waals surface area contributed by atoms with Crippen LogP contribution in [0.15, 0.2) is 34.5 Å². The summed E-state index contributed by atoms with van der Waals surface area (Å²) in [6, 6.07) is 6.25. The summed E-state index contributed by atoms with van der Waals surface area (Å²) in [5, 5.41) is 0. The van der Waals surface area contributed by atoms with Gasteiger partial charge in [0.2, 0.25) is 10.0 Å². The zero-order valence-corrected chi connectivity index (χ0v) is 13.4. The molecule has 0 saturated carbocycles. The number of hydrogen-bond donors (Lipinski definition) is 1. The van der Waals surface area contributed by atoms with E-state index in [2.05, 4.69) is 4.72 Å². The summed E-state index contributed by atoms with van der Waals surface area (Å²) >= 11 is 1.21. The molecule has 0 aliphatic rings. The van der Waals surface area contributed by atoms with Crippen molar-refractivity contribution in [2.45, 2.75) is 17.6 Å². The fourth-order valence-electron chi connectivity index (χ4n) is 1.69. The van der Waals surface area contributed by atoms with E-state index in [1.807, 2.05) is 6.92 Å². The lowest BCUT2D eigenvalue weighted by Crippen LogP contribution is -2.27. The van der Waals surface area contributed by atoms with E-state index in [4.69, 9.17) is 4.74 Å². The van der Waals surface area contributed by atoms with Crippen molar-refractivity contribution in [3.8, 4) is 5.75 Å². The van der Waals surface area contributed by atoms with Crippen LogP contribution in [0.25, 0.3) is 0 Å². The monoisotopic (exact) mass is 347 g/mol. The Morgan fingerprint density at radius 1 is 1.23 bits per heavy atom. The van der Waals surface area contributed by atoms with Crippen LogP contribution in [-0.4, -0.2) is 21.6 Å². The average Bonchev–Trinajstić information content (AvgIpc) is 2.95. The summed E-state index contributed by atoms with van der Waals surface area (Å²) < 4.78 is 57.7. The van der Waals surface area contributed by atoms with Crippen molar-refractivity contribution in [3.05, 3.63) is 46.8 Å². The van der Waals surface area contributed by atoms with Crippen LogP contribution in [0.1, 0.15) is 11.8 Å². The number of ether oxygens (including phenoxy) is 1. The van der Waals surface area contributed by atoms with Crippen LogP contribution in [0.2, 0.25) is 0 Å². The highest BCUT2D eigenvalue weighted by Gasteiger charge is 2.16.